The Hall–Kier alpha value is -2.84. The van der Waals surface area contributed by atoms with Crippen molar-refractivity contribution in [3.8, 4) is 0 Å². The maximum absolute atomic E-state index is 13.4. The number of alkyl halides is 6. The quantitative estimate of drug-likeness (QED) is 0.199. The number of benzene rings is 3. The fraction of sp³-hybridized carbons (Fsp3) is 0.296. The van der Waals surface area contributed by atoms with Crippen molar-refractivity contribution in [1.29, 1.82) is 0 Å². The Morgan fingerprint density at radius 2 is 1.52 bits per heavy atom. The van der Waals surface area contributed by atoms with Crippen molar-refractivity contribution in [3.05, 3.63) is 99.0 Å². The number of carbonyl (C=O) groups is 1. The van der Waals surface area contributed by atoms with E-state index in [1.54, 1.807) is 6.07 Å². The maximum atomic E-state index is 13.4. The lowest BCUT2D eigenvalue weighted by Crippen LogP contribution is -2.52. The standard InChI is InChI=1S/C27H21Cl2F6NO5S/c28-22-7-6-18(15-23(22)29)25(8-10-41-42(38,39)21-4-2-1-3-5-21)16-36(9-11-40-25)24(37)17-12-19(26(30,31)32)14-20(13-17)27(33,34)35/h1-7,12-15H,8-11,16H2. The summed E-state index contributed by atoms with van der Waals surface area (Å²) in [6.07, 6.45) is -10.5. The highest BCUT2D eigenvalue weighted by Gasteiger charge is 2.42. The molecule has 1 amide bonds. The van der Waals surface area contributed by atoms with Crippen LogP contribution in [0.1, 0.15) is 33.5 Å². The van der Waals surface area contributed by atoms with Crippen molar-refractivity contribution in [2.24, 2.45) is 0 Å². The third-order valence-corrected chi connectivity index (χ3v) is 8.60. The molecule has 1 heterocycles. The molecular weight excluding hydrogens is 635 g/mol. The largest absolute Gasteiger partial charge is 0.416 e. The molecule has 1 saturated heterocycles. The number of carbonyl (C=O) groups excluding carboxylic acids is 1. The van der Waals surface area contributed by atoms with Crippen LogP contribution in [0.4, 0.5) is 26.3 Å². The molecule has 0 radical (unpaired) electrons. The van der Waals surface area contributed by atoms with Gasteiger partial charge in [-0.05, 0) is 48.0 Å². The third kappa shape index (κ3) is 7.20. The van der Waals surface area contributed by atoms with Crippen LogP contribution in [0.2, 0.25) is 10.0 Å². The Morgan fingerprint density at radius 1 is 0.905 bits per heavy atom. The van der Waals surface area contributed by atoms with Crippen LogP contribution in [0.5, 0.6) is 0 Å². The van der Waals surface area contributed by atoms with Gasteiger partial charge in [0.2, 0.25) is 0 Å². The molecule has 0 spiro atoms. The summed E-state index contributed by atoms with van der Waals surface area (Å²) in [5, 5.41) is 0.261. The van der Waals surface area contributed by atoms with Crippen LogP contribution in [0.3, 0.4) is 0 Å². The molecule has 4 rings (SSSR count). The first-order chi connectivity index (χ1) is 19.5. The molecule has 0 aliphatic carbocycles. The van der Waals surface area contributed by atoms with Gasteiger partial charge in [-0.15, -0.1) is 0 Å². The molecular formula is C27H21Cl2F6NO5S. The summed E-state index contributed by atoms with van der Waals surface area (Å²) < 4.78 is 117. The van der Waals surface area contributed by atoms with Crippen LogP contribution in [0.15, 0.2) is 71.6 Å². The van der Waals surface area contributed by atoms with Gasteiger partial charge < -0.3 is 9.64 Å². The minimum atomic E-state index is -5.15. The van der Waals surface area contributed by atoms with Crippen LogP contribution in [-0.2, 0) is 37.0 Å². The first kappa shape index (κ1) is 32.1. The summed E-state index contributed by atoms with van der Waals surface area (Å²) in [6.45, 7) is -1.21. The van der Waals surface area contributed by atoms with Crippen molar-refractivity contribution >= 4 is 39.2 Å². The van der Waals surface area contributed by atoms with Gasteiger partial charge in [0.05, 0.1) is 45.8 Å². The molecule has 15 heteroatoms. The highest BCUT2D eigenvalue weighted by molar-refractivity contribution is 7.86. The number of hydrogen-bond acceptors (Lipinski definition) is 5. The van der Waals surface area contributed by atoms with Crippen LogP contribution >= 0.6 is 23.2 Å². The van der Waals surface area contributed by atoms with Gasteiger partial charge in [-0.3, -0.25) is 8.98 Å². The number of morpholine rings is 1. The summed E-state index contributed by atoms with van der Waals surface area (Å²) in [5.74, 6) is -1.11. The second-order valence-corrected chi connectivity index (χ2v) is 11.8. The molecule has 6 nitrogen and oxygen atoms in total. The fourth-order valence-electron chi connectivity index (χ4n) is 4.44. The Morgan fingerprint density at radius 3 is 2.10 bits per heavy atom. The van der Waals surface area contributed by atoms with Crippen LogP contribution in [-0.4, -0.2) is 45.5 Å². The Labute approximate surface area is 246 Å². The summed E-state index contributed by atoms with van der Waals surface area (Å²) in [7, 11) is -4.19. The van der Waals surface area contributed by atoms with E-state index >= 15 is 0 Å². The molecule has 0 N–H and O–H groups in total. The summed E-state index contributed by atoms with van der Waals surface area (Å²) in [6, 6.07) is 12.2. The van der Waals surface area contributed by atoms with E-state index in [9.17, 15) is 39.6 Å². The smallest absolute Gasteiger partial charge is 0.366 e. The molecule has 226 valence electrons. The molecule has 1 fully saturated rings. The number of nitrogens with zero attached hydrogens (tertiary/aromatic N) is 1. The minimum absolute atomic E-state index is 0.0688. The summed E-state index contributed by atoms with van der Waals surface area (Å²) in [5.41, 5.74) is -5.28. The van der Waals surface area contributed by atoms with Crippen molar-refractivity contribution in [1.82, 2.24) is 4.90 Å². The van der Waals surface area contributed by atoms with Gasteiger partial charge in [0, 0.05) is 18.5 Å². The number of hydrogen-bond donors (Lipinski definition) is 0. The lowest BCUT2D eigenvalue weighted by Gasteiger charge is -2.43. The molecule has 3 aromatic rings. The number of rotatable bonds is 7. The van der Waals surface area contributed by atoms with E-state index in [1.807, 2.05) is 0 Å². The zero-order chi connectivity index (χ0) is 30.9. The van der Waals surface area contributed by atoms with Gasteiger partial charge >= 0.3 is 12.4 Å². The third-order valence-electron chi connectivity index (χ3n) is 6.53. The maximum Gasteiger partial charge on any atom is 0.416 e. The lowest BCUT2D eigenvalue weighted by molar-refractivity contribution is -0.143. The van der Waals surface area contributed by atoms with Gasteiger partial charge in [0.1, 0.15) is 5.60 Å². The summed E-state index contributed by atoms with van der Waals surface area (Å²) in [4.78, 5) is 14.3. The molecule has 1 aliphatic heterocycles. The zero-order valence-electron chi connectivity index (χ0n) is 21.3. The highest BCUT2D eigenvalue weighted by Crippen LogP contribution is 2.39. The molecule has 1 atom stereocenters. The zero-order valence-corrected chi connectivity index (χ0v) is 23.6. The van der Waals surface area contributed by atoms with Crippen LogP contribution in [0.25, 0.3) is 0 Å². The van der Waals surface area contributed by atoms with Crippen LogP contribution < -0.4 is 0 Å². The van der Waals surface area contributed by atoms with Crippen LogP contribution in [0, 0.1) is 0 Å². The van der Waals surface area contributed by atoms with E-state index in [4.69, 9.17) is 32.1 Å². The van der Waals surface area contributed by atoms with Gasteiger partial charge in [-0.25, -0.2) is 0 Å². The first-order valence-corrected chi connectivity index (χ1v) is 14.3. The van der Waals surface area contributed by atoms with E-state index in [1.165, 1.54) is 42.5 Å². The predicted octanol–water partition coefficient (Wildman–Crippen LogP) is 7.19. The second kappa shape index (κ2) is 12.0. The molecule has 1 unspecified atom stereocenters. The van der Waals surface area contributed by atoms with Gasteiger partial charge in [-0.2, -0.15) is 34.8 Å². The highest BCUT2D eigenvalue weighted by atomic mass is 35.5. The summed E-state index contributed by atoms with van der Waals surface area (Å²) >= 11 is 12.2. The Bertz CT molecular complexity index is 1540. The second-order valence-electron chi connectivity index (χ2n) is 9.33. The van der Waals surface area contributed by atoms with Crippen molar-refractivity contribution < 1.29 is 48.5 Å². The number of halogens is 8. The van der Waals surface area contributed by atoms with Crippen molar-refractivity contribution in [2.75, 3.05) is 26.3 Å². The van der Waals surface area contributed by atoms with E-state index < -0.39 is 57.3 Å². The SMILES string of the molecule is O=C(c1cc(C(F)(F)F)cc(C(F)(F)F)c1)N1CCOC(CCOS(=O)(=O)c2ccccc2)(c2ccc(Cl)c(Cl)c2)C1. The normalized spacial score (nSPS) is 18.2. The molecule has 3 aromatic carbocycles. The predicted molar refractivity (Wildman–Crippen MR) is 141 cm³/mol. The Balaban J connectivity index is 1.67. The van der Waals surface area contributed by atoms with Crippen molar-refractivity contribution in [2.45, 2.75) is 29.3 Å². The monoisotopic (exact) mass is 655 g/mol. The van der Waals surface area contributed by atoms with Gasteiger partial charge in [0.15, 0.2) is 0 Å². The molecule has 1 aliphatic rings. The first-order valence-electron chi connectivity index (χ1n) is 12.1. The minimum Gasteiger partial charge on any atom is -0.366 e. The number of ether oxygens (including phenoxy) is 1. The topological polar surface area (TPSA) is 72.9 Å². The van der Waals surface area contributed by atoms with E-state index in [-0.39, 0.29) is 47.1 Å². The van der Waals surface area contributed by atoms with Crippen molar-refractivity contribution in [3.63, 3.8) is 0 Å². The van der Waals surface area contributed by atoms with E-state index in [2.05, 4.69) is 0 Å². The molecule has 0 aromatic heterocycles. The Kier molecular flexibility index (Phi) is 9.20. The lowest BCUT2D eigenvalue weighted by atomic mass is 9.88. The fourth-order valence-corrected chi connectivity index (χ4v) is 5.67. The molecule has 0 bridgehead atoms. The van der Waals surface area contributed by atoms with E-state index in [0.29, 0.717) is 17.7 Å². The average molecular weight is 656 g/mol. The molecule has 0 saturated carbocycles. The van der Waals surface area contributed by atoms with Gasteiger partial charge in [0.25, 0.3) is 16.0 Å². The molecule has 42 heavy (non-hydrogen) atoms. The number of amides is 1. The average Bonchev–Trinajstić information content (AvgIpc) is 2.93. The van der Waals surface area contributed by atoms with E-state index in [0.717, 1.165) is 4.90 Å². The van der Waals surface area contributed by atoms with Gasteiger partial charge in [-0.1, -0.05) is 47.5 Å².